The van der Waals surface area contributed by atoms with Gasteiger partial charge in [0.25, 0.3) is 0 Å². The fourth-order valence-electron chi connectivity index (χ4n) is 3.56. The molecule has 0 bridgehead atoms. The van der Waals surface area contributed by atoms with Crippen LogP contribution in [0.2, 0.25) is 0 Å². The fourth-order valence-corrected chi connectivity index (χ4v) is 4.73. The topological polar surface area (TPSA) is 72.0 Å². The summed E-state index contributed by atoms with van der Waals surface area (Å²) in [7, 11) is -3.86. The van der Waals surface area contributed by atoms with E-state index in [-0.39, 0.29) is 24.7 Å². The van der Waals surface area contributed by atoms with Gasteiger partial charge in [-0.2, -0.15) is 0 Å². The van der Waals surface area contributed by atoms with Crippen LogP contribution in [0.3, 0.4) is 0 Å². The molecule has 0 heterocycles. The molecule has 4 nitrogen and oxygen atoms in total. The predicted molar refractivity (Wildman–Crippen MR) is 145 cm³/mol. The molecule has 2 atom stereocenters. The number of benzene rings is 4. The standard InChI is InChI=1S/C20H18N2O2S.C10H14.Os/c21-19(16-10-4-1-5-11-16)20(17-12-6-2-7-13-17)22-25(23,24)18-14-8-3-9-15-18;1-8(2)10-6-4-9(3)5-7-10;/h1-15,19-21H;4-8H,1-3H3;/q-2;;+2. The first-order chi connectivity index (χ1) is 16.8. The molecule has 0 aromatic heterocycles. The van der Waals surface area contributed by atoms with Crippen molar-refractivity contribution in [3.63, 3.8) is 0 Å². The van der Waals surface area contributed by atoms with Gasteiger partial charge in [0.15, 0.2) is 0 Å². The third-order valence-corrected chi connectivity index (χ3v) is 7.03. The maximum absolute atomic E-state index is 12.7. The molecule has 36 heavy (non-hydrogen) atoms. The van der Waals surface area contributed by atoms with E-state index in [1.165, 1.54) is 23.3 Å². The molecule has 0 aliphatic carbocycles. The van der Waals surface area contributed by atoms with Gasteiger partial charge in [0.1, 0.15) is 10.0 Å². The van der Waals surface area contributed by atoms with E-state index in [0.29, 0.717) is 11.5 Å². The molecule has 188 valence electrons. The summed E-state index contributed by atoms with van der Waals surface area (Å²) in [6.07, 6.45) is 0. The maximum atomic E-state index is 12.7. The molecule has 4 aromatic rings. The molecule has 0 saturated carbocycles. The van der Waals surface area contributed by atoms with Crippen molar-refractivity contribution in [3.05, 3.63) is 148 Å². The van der Waals surface area contributed by atoms with E-state index in [9.17, 15) is 8.42 Å². The van der Waals surface area contributed by atoms with E-state index >= 15 is 0 Å². The van der Waals surface area contributed by atoms with Crippen LogP contribution in [0.15, 0.2) is 120 Å². The Morgan fingerprint density at radius 3 is 1.56 bits per heavy atom. The molecule has 0 aliphatic heterocycles. The van der Waals surface area contributed by atoms with Gasteiger partial charge >= 0.3 is 19.8 Å². The third kappa shape index (κ3) is 8.50. The fraction of sp³-hybridized carbons (Fsp3) is 0.200. The van der Waals surface area contributed by atoms with Gasteiger partial charge in [-0.05, 0) is 30.5 Å². The second kappa shape index (κ2) is 14.2. The number of rotatable bonds is 7. The summed E-state index contributed by atoms with van der Waals surface area (Å²) < 4.78 is 29.5. The molecule has 2 unspecified atom stereocenters. The Morgan fingerprint density at radius 2 is 1.08 bits per heavy atom. The van der Waals surface area contributed by atoms with E-state index in [1.54, 1.807) is 30.3 Å². The molecule has 0 radical (unpaired) electrons. The van der Waals surface area contributed by atoms with Crippen molar-refractivity contribution < 1.29 is 28.2 Å². The van der Waals surface area contributed by atoms with E-state index in [4.69, 9.17) is 5.73 Å². The first kappa shape index (κ1) is 29.6. The summed E-state index contributed by atoms with van der Waals surface area (Å²) in [5, 5.41) is 0. The number of nitrogens with one attached hydrogen (secondary N) is 1. The zero-order chi connectivity index (χ0) is 25.3. The van der Waals surface area contributed by atoms with Crippen LogP contribution in [-0.2, 0) is 29.8 Å². The minimum absolute atomic E-state index is 0. The monoisotopic (exact) mass is 676 g/mol. The first-order valence-electron chi connectivity index (χ1n) is 11.7. The minimum Gasteiger partial charge on any atom is -0.672 e. The van der Waals surface area contributed by atoms with Crippen LogP contribution in [-0.4, -0.2) is 8.42 Å². The van der Waals surface area contributed by atoms with Crippen molar-refractivity contribution >= 4 is 10.0 Å². The quantitative estimate of drug-likeness (QED) is 0.198. The maximum Gasteiger partial charge on any atom is 2.00 e. The number of hydrogen-bond acceptors (Lipinski definition) is 2. The van der Waals surface area contributed by atoms with Crippen LogP contribution in [0.5, 0.6) is 0 Å². The Hall–Kier alpha value is -2.61. The van der Waals surface area contributed by atoms with Gasteiger partial charge in [0, 0.05) is 4.90 Å². The molecule has 0 saturated heterocycles. The SMILES string of the molecule is Cc1ccc(C(C)C)cc1.[NH-]C(c1ccccc1)C([N-]S(=O)(=O)c1ccccc1)c1ccccc1.[Os+2]. The zero-order valence-corrected chi connectivity index (χ0v) is 24.1. The van der Waals surface area contributed by atoms with Crippen LogP contribution in [0.25, 0.3) is 10.5 Å². The van der Waals surface area contributed by atoms with Crippen LogP contribution in [0.4, 0.5) is 0 Å². The Labute approximate surface area is 229 Å². The summed E-state index contributed by atoms with van der Waals surface area (Å²) in [5.41, 5.74) is 12.8. The van der Waals surface area contributed by atoms with E-state index < -0.39 is 22.1 Å². The second-order valence-electron chi connectivity index (χ2n) is 8.70. The predicted octanol–water partition coefficient (Wildman–Crippen LogP) is 8.40. The summed E-state index contributed by atoms with van der Waals surface area (Å²) >= 11 is 0. The first-order valence-corrected chi connectivity index (χ1v) is 13.1. The second-order valence-corrected chi connectivity index (χ2v) is 10.3. The number of hydrogen-bond donors (Lipinski definition) is 0. The molecule has 0 spiro atoms. The molecule has 4 aromatic carbocycles. The summed E-state index contributed by atoms with van der Waals surface area (Å²) in [6.45, 7) is 6.54. The van der Waals surface area contributed by atoms with Crippen LogP contribution < -0.4 is 0 Å². The van der Waals surface area contributed by atoms with Crippen molar-refractivity contribution in [2.45, 2.75) is 43.7 Å². The van der Waals surface area contributed by atoms with Gasteiger partial charge in [-0.25, -0.2) is 8.42 Å². The van der Waals surface area contributed by atoms with Crippen molar-refractivity contribution in [2.75, 3.05) is 0 Å². The minimum atomic E-state index is -3.86. The van der Waals surface area contributed by atoms with E-state index in [1.807, 2.05) is 48.5 Å². The van der Waals surface area contributed by atoms with Crippen molar-refractivity contribution in [2.24, 2.45) is 0 Å². The number of nitrogens with zero attached hydrogens (tertiary/aromatic N) is 1. The Kier molecular flexibility index (Phi) is 11.7. The molecule has 4 rings (SSSR count). The molecule has 0 aliphatic rings. The van der Waals surface area contributed by atoms with Gasteiger partial charge in [0.05, 0.1) is 0 Å². The van der Waals surface area contributed by atoms with Crippen LogP contribution in [0, 0.1) is 6.92 Å². The molecular weight excluding hydrogens is 643 g/mol. The zero-order valence-electron chi connectivity index (χ0n) is 20.7. The molecule has 0 amide bonds. The van der Waals surface area contributed by atoms with Crippen molar-refractivity contribution in [3.8, 4) is 0 Å². The largest absolute Gasteiger partial charge is 2.00 e. The van der Waals surface area contributed by atoms with Gasteiger partial charge in [-0.15, -0.1) is 12.1 Å². The average Bonchev–Trinajstić information content (AvgIpc) is 2.89. The summed E-state index contributed by atoms with van der Waals surface area (Å²) in [6, 6.07) is 33.5. The van der Waals surface area contributed by atoms with Gasteiger partial charge in [0.2, 0.25) is 0 Å². The van der Waals surface area contributed by atoms with Gasteiger partial charge in [-0.1, -0.05) is 134 Å². The van der Waals surface area contributed by atoms with Gasteiger partial charge < -0.3 is 10.5 Å². The summed E-state index contributed by atoms with van der Waals surface area (Å²) in [4.78, 5) is 0.135. The van der Waals surface area contributed by atoms with Gasteiger partial charge in [-0.3, -0.25) is 0 Å². The smallest absolute Gasteiger partial charge is 0.672 e. The van der Waals surface area contributed by atoms with Crippen molar-refractivity contribution in [1.82, 2.24) is 0 Å². The molecule has 1 N–H and O–H groups in total. The number of aryl methyl sites for hydroxylation is 1. The molecule has 6 heteroatoms. The average molecular weight is 675 g/mol. The van der Waals surface area contributed by atoms with Crippen molar-refractivity contribution in [1.29, 1.82) is 0 Å². The van der Waals surface area contributed by atoms with E-state index in [0.717, 1.165) is 5.56 Å². The number of sulfonamides is 1. The Bertz CT molecular complexity index is 1270. The Balaban J connectivity index is 0.000000350. The van der Waals surface area contributed by atoms with Crippen LogP contribution >= 0.6 is 0 Å². The Morgan fingerprint density at radius 1 is 0.639 bits per heavy atom. The summed E-state index contributed by atoms with van der Waals surface area (Å²) in [5.74, 6) is 0.653. The van der Waals surface area contributed by atoms with E-state index in [2.05, 4.69) is 49.8 Å². The van der Waals surface area contributed by atoms with Crippen LogP contribution in [0.1, 0.15) is 54.1 Å². The molecular formula is C30H32N2O2OsS. The normalized spacial score (nSPS) is 12.6. The molecule has 0 fully saturated rings. The third-order valence-electron chi connectivity index (χ3n) is 5.65.